The van der Waals surface area contributed by atoms with Crippen LogP contribution in [0.2, 0.25) is 0 Å². The van der Waals surface area contributed by atoms with Gasteiger partial charge in [0.05, 0.1) is 0 Å². The zero-order valence-electron chi connectivity index (χ0n) is 6.65. The van der Waals surface area contributed by atoms with Crippen molar-refractivity contribution in [3.05, 3.63) is 18.0 Å². The number of rotatable bonds is 1. The molecule has 0 amide bonds. The Labute approximate surface area is 84.3 Å². The maximum Gasteiger partial charge on any atom is 0.290 e. The quantitative estimate of drug-likeness (QED) is 0.573. The molecule has 1 aromatic rings. The van der Waals surface area contributed by atoms with E-state index in [1.54, 1.807) is 7.05 Å². The molecule has 0 atom stereocenters. The summed E-state index contributed by atoms with van der Waals surface area (Å²) >= 11 is 0. The Balaban J connectivity index is 0. The van der Waals surface area contributed by atoms with Gasteiger partial charge in [-0.15, -0.1) is 0 Å². The first-order chi connectivity index (χ1) is 5.61. The topological polar surface area (TPSA) is 55.1 Å². The molecule has 0 fully saturated rings. The minimum absolute atomic E-state index is 0. The molecule has 13 heavy (non-hydrogen) atoms. The van der Waals surface area contributed by atoms with Gasteiger partial charge in [-0.3, -0.25) is 4.79 Å². The molecular weight excluding hydrogens is 222 g/mol. The fourth-order valence-electron chi connectivity index (χ4n) is 0.494. The van der Waals surface area contributed by atoms with Crippen LogP contribution in [0.25, 0.3) is 0 Å². The van der Waals surface area contributed by atoms with Crippen molar-refractivity contribution in [1.29, 1.82) is 0 Å². The van der Waals surface area contributed by atoms with E-state index in [2.05, 4.69) is 11.2 Å². The number of alkyl halides is 2. The molecule has 4 nitrogen and oxygen atoms in total. The smallest absolute Gasteiger partial charge is 0.290 e. The van der Waals surface area contributed by atoms with Crippen LogP contribution >= 0.6 is 0 Å². The number of nitrogens with zero attached hydrogens (tertiary/aromatic N) is 2. The van der Waals surface area contributed by atoms with Crippen molar-refractivity contribution in [1.82, 2.24) is 9.78 Å². The van der Waals surface area contributed by atoms with Gasteiger partial charge in [0.1, 0.15) is 0 Å². The van der Waals surface area contributed by atoms with Gasteiger partial charge in [0, 0.05) is 24.4 Å². The van der Waals surface area contributed by atoms with Crippen LogP contribution in [0.15, 0.2) is 6.20 Å². The Bertz CT molecular complexity index is 242. The molecule has 0 aliphatic heterocycles. The van der Waals surface area contributed by atoms with Gasteiger partial charge in [-0.05, 0) is 0 Å². The molecule has 1 heterocycles. The number of halogens is 2. The zero-order valence-corrected chi connectivity index (χ0v) is 7.92. The SMILES string of the molecule is Cn1c[c-]c(C(F)F)n1.O=CO.[Cr]. The number of hydrogen-bond donors (Lipinski definition) is 1. The fraction of sp³-hybridized carbons (Fsp3) is 0.333. The third kappa shape index (κ3) is 6.25. The van der Waals surface area contributed by atoms with E-state index < -0.39 is 6.43 Å². The van der Waals surface area contributed by atoms with Crippen LogP contribution in [0, 0.1) is 6.07 Å². The van der Waals surface area contributed by atoms with Gasteiger partial charge in [-0.1, -0.05) is 5.69 Å². The molecule has 0 radical (unpaired) electrons. The van der Waals surface area contributed by atoms with Gasteiger partial charge >= 0.3 is 0 Å². The first-order valence-corrected chi connectivity index (χ1v) is 2.89. The maximum atomic E-state index is 11.7. The standard InChI is InChI=1S/C5H5F2N2.CH2O2.Cr/c1-9-3-2-4(8-9)5(6)7;2-1-3;/h3,5H,1H3;1H,(H,2,3);/q-1;;. The average molecular weight is 229 g/mol. The van der Waals surface area contributed by atoms with Crippen LogP contribution in [0.3, 0.4) is 0 Å². The Kier molecular flexibility index (Phi) is 8.65. The van der Waals surface area contributed by atoms with E-state index in [-0.39, 0.29) is 29.5 Å². The Morgan fingerprint density at radius 1 is 1.77 bits per heavy atom. The number of carboxylic acid groups (broad SMARTS) is 1. The normalized spacial score (nSPS) is 8.31. The third-order valence-electron chi connectivity index (χ3n) is 0.871. The predicted molar refractivity (Wildman–Crippen MR) is 35.7 cm³/mol. The van der Waals surface area contributed by atoms with Crippen molar-refractivity contribution in [3.63, 3.8) is 0 Å². The van der Waals surface area contributed by atoms with E-state index in [4.69, 9.17) is 9.90 Å². The largest absolute Gasteiger partial charge is 0.483 e. The molecule has 0 saturated heterocycles. The van der Waals surface area contributed by atoms with Crippen LogP contribution in [0.1, 0.15) is 12.1 Å². The van der Waals surface area contributed by atoms with Crippen molar-refractivity contribution in [2.75, 3.05) is 0 Å². The summed E-state index contributed by atoms with van der Waals surface area (Å²) in [4.78, 5) is 8.36. The van der Waals surface area contributed by atoms with E-state index >= 15 is 0 Å². The first-order valence-electron chi connectivity index (χ1n) is 2.89. The van der Waals surface area contributed by atoms with Crippen LogP contribution in [0.4, 0.5) is 8.78 Å². The second-order valence-corrected chi connectivity index (χ2v) is 1.74. The summed E-state index contributed by atoms with van der Waals surface area (Å²) in [6.45, 7) is -0.250. The van der Waals surface area contributed by atoms with Gasteiger partial charge in [-0.2, -0.15) is 6.20 Å². The second-order valence-electron chi connectivity index (χ2n) is 1.74. The van der Waals surface area contributed by atoms with Gasteiger partial charge in [0.25, 0.3) is 6.47 Å². The number of aromatic nitrogens is 2. The minimum Gasteiger partial charge on any atom is -0.483 e. The second kappa shape index (κ2) is 7.71. The molecule has 0 unspecified atom stereocenters. The van der Waals surface area contributed by atoms with E-state index in [1.165, 1.54) is 10.9 Å². The molecule has 0 spiro atoms. The van der Waals surface area contributed by atoms with Crippen LogP contribution in [-0.2, 0) is 29.2 Å². The van der Waals surface area contributed by atoms with Crippen LogP contribution in [-0.4, -0.2) is 21.4 Å². The molecule has 7 heteroatoms. The Hall–Kier alpha value is -0.928. The van der Waals surface area contributed by atoms with Crippen molar-refractivity contribution >= 4 is 6.47 Å². The molecule has 1 rings (SSSR count). The average Bonchev–Trinajstić information content (AvgIpc) is 2.37. The van der Waals surface area contributed by atoms with Crippen LogP contribution in [0.5, 0.6) is 0 Å². The summed E-state index contributed by atoms with van der Waals surface area (Å²) in [7, 11) is 1.57. The number of aryl methyl sites for hydroxylation is 1. The molecular formula is C6H7CrF2N2O2-. The van der Waals surface area contributed by atoms with E-state index in [0.29, 0.717) is 0 Å². The summed E-state index contributed by atoms with van der Waals surface area (Å²) in [5.41, 5.74) is -0.294. The maximum absolute atomic E-state index is 11.7. The van der Waals surface area contributed by atoms with Gasteiger partial charge in [0.2, 0.25) is 6.43 Å². The predicted octanol–water partition coefficient (Wildman–Crippen LogP) is 0.856. The van der Waals surface area contributed by atoms with E-state index in [1.807, 2.05) is 0 Å². The van der Waals surface area contributed by atoms with Crippen molar-refractivity contribution in [2.24, 2.45) is 7.05 Å². The van der Waals surface area contributed by atoms with Crippen molar-refractivity contribution in [3.8, 4) is 0 Å². The monoisotopic (exact) mass is 229 g/mol. The third-order valence-corrected chi connectivity index (χ3v) is 0.871. The molecule has 0 saturated carbocycles. The molecule has 0 bridgehead atoms. The number of carbonyl (C=O) groups is 1. The molecule has 1 N–H and O–H groups in total. The molecule has 0 aliphatic rings. The fourth-order valence-corrected chi connectivity index (χ4v) is 0.494. The summed E-state index contributed by atoms with van der Waals surface area (Å²) in [6, 6.07) is 2.31. The summed E-state index contributed by atoms with van der Waals surface area (Å²) in [6.07, 6.45) is -1.15. The molecule has 0 aromatic carbocycles. The molecule has 1 aromatic heterocycles. The molecule has 74 valence electrons. The van der Waals surface area contributed by atoms with Gasteiger partial charge < -0.3 is 15.9 Å². The van der Waals surface area contributed by atoms with Crippen LogP contribution < -0.4 is 0 Å². The molecule has 0 aliphatic carbocycles. The summed E-state index contributed by atoms with van der Waals surface area (Å²) < 4.78 is 24.6. The summed E-state index contributed by atoms with van der Waals surface area (Å²) in [5.74, 6) is 0. The van der Waals surface area contributed by atoms with Crippen molar-refractivity contribution in [2.45, 2.75) is 6.43 Å². The van der Waals surface area contributed by atoms with E-state index in [0.717, 1.165) is 0 Å². The zero-order chi connectivity index (χ0) is 9.56. The Morgan fingerprint density at radius 2 is 2.23 bits per heavy atom. The van der Waals surface area contributed by atoms with Gasteiger partial charge in [-0.25, -0.2) is 13.9 Å². The minimum atomic E-state index is -2.51. The van der Waals surface area contributed by atoms with Gasteiger partial charge in [0.15, 0.2) is 0 Å². The summed E-state index contributed by atoms with van der Waals surface area (Å²) in [5, 5.41) is 10.3. The van der Waals surface area contributed by atoms with E-state index in [9.17, 15) is 8.78 Å². The Morgan fingerprint density at radius 3 is 2.38 bits per heavy atom. The van der Waals surface area contributed by atoms with Crippen molar-refractivity contribution < 1.29 is 36.0 Å². The number of hydrogen-bond acceptors (Lipinski definition) is 2. The first kappa shape index (κ1) is 14.6.